The Kier molecular flexibility index (Phi) is 3.90. The van der Waals surface area contributed by atoms with E-state index in [0.717, 1.165) is 23.0 Å². The van der Waals surface area contributed by atoms with Crippen LogP contribution in [0.15, 0.2) is 23.1 Å². The highest BCUT2D eigenvalue weighted by atomic mass is 32.2. The average molecular weight is 235 g/mol. The summed E-state index contributed by atoms with van der Waals surface area (Å²) in [5, 5.41) is 2.90. The van der Waals surface area contributed by atoms with Crippen LogP contribution < -0.4 is 5.32 Å². The Morgan fingerprint density at radius 3 is 2.53 bits per heavy atom. The number of aryl methyl sites for hydroxylation is 1. The van der Waals surface area contributed by atoms with Gasteiger partial charge in [0, 0.05) is 17.6 Å². The highest BCUT2D eigenvalue weighted by molar-refractivity contribution is 7.99. The fraction of sp³-hybridized carbons (Fsp3) is 0.400. The van der Waals surface area contributed by atoms with E-state index in [4.69, 9.17) is 0 Å². The first-order valence-electron chi connectivity index (χ1n) is 4.40. The number of alkyl halides is 3. The smallest absolute Gasteiger partial charge is 0.388 e. The molecule has 1 nitrogen and oxygen atoms in total. The van der Waals surface area contributed by atoms with Crippen LogP contribution in [-0.2, 0) is 0 Å². The van der Waals surface area contributed by atoms with Gasteiger partial charge in [-0.3, -0.25) is 0 Å². The SMILES string of the molecule is CNc1ccc(C)c(SCC(F)(F)F)c1. The van der Waals surface area contributed by atoms with E-state index in [-0.39, 0.29) is 0 Å². The van der Waals surface area contributed by atoms with E-state index >= 15 is 0 Å². The van der Waals surface area contributed by atoms with Gasteiger partial charge in [0.05, 0.1) is 5.75 Å². The molecule has 0 atom stereocenters. The van der Waals surface area contributed by atoms with Crippen LogP contribution in [0, 0.1) is 6.92 Å². The first-order chi connectivity index (χ1) is 6.92. The van der Waals surface area contributed by atoms with E-state index in [1.54, 1.807) is 20.0 Å². The minimum atomic E-state index is -4.12. The van der Waals surface area contributed by atoms with E-state index in [9.17, 15) is 13.2 Å². The Morgan fingerprint density at radius 1 is 1.33 bits per heavy atom. The third kappa shape index (κ3) is 4.03. The molecule has 0 radical (unpaired) electrons. The first kappa shape index (κ1) is 12.2. The molecule has 0 unspecified atom stereocenters. The van der Waals surface area contributed by atoms with Gasteiger partial charge in [-0.25, -0.2) is 0 Å². The third-order valence-electron chi connectivity index (χ3n) is 1.87. The number of hydrogen-bond acceptors (Lipinski definition) is 2. The number of thioether (sulfide) groups is 1. The van der Waals surface area contributed by atoms with Gasteiger partial charge in [0.1, 0.15) is 0 Å². The molecule has 1 aromatic rings. The van der Waals surface area contributed by atoms with Crippen molar-refractivity contribution in [3.8, 4) is 0 Å². The van der Waals surface area contributed by atoms with Crippen LogP contribution in [0.3, 0.4) is 0 Å². The Labute approximate surface area is 91.1 Å². The molecule has 0 aliphatic heterocycles. The van der Waals surface area contributed by atoms with Crippen LogP contribution in [0.1, 0.15) is 5.56 Å². The van der Waals surface area contributed by atoms with Gasteiger partial charge in [0.25, 0.3) is 0 Å². The molecule has 0 aliphatic carbocycles. The van der Waals surface area contributed by atoms with Crippen molar-refractivity contribution in [2.75, 3.05) is 18.1 Å². The lowest BCUT2D eigenvalue weighted by molar-refractivity contribution is -0.105. The molecule has 0 saturated carbocycles. The lowest BCUT2D eigenvalue weighted by Gasteiger charge is -2.10. The normalized spacial score (nSPS) is 11.5. The van der Waals surface area contributed by atoms with Crippen molar-refractivity contribution in [1.29, 1.82) is 0 Å². The van der Waals surface area contributed by atoms with Gasteiger partial charge in [0.15, 0.2) is 0 Å². The quantitative estimate of drug-likeness (QED) is 0.802. The van der Waals surface area contributed by atoms with Crippen molar-refractivity contribution in [2.24, 2.45) is 0 Å². The summed E-state index contributed by atoms with van der Waals surface area (Å²) in [7, 11) is 1.74. The van der Waals surface area contributed by atoms with E-state index in [2.05, 4.69) is 5.32 Å². The van der Waals surface area contributed by atoms with Crippen molar-refractivity contribution in [2.45, 2.75) is 18.0 Å². The first-order valence-corrected chi connectivity index (χ1v) is 5.39. The maximum absolute atomic E-state index is 12.0. The lowest BCUT2D eigenvalue weighted by Crippen LogP contribution is -2.10. The molecule has 0 aliphatic rings. The van der Waals surface area contributed by atoms with Gasteiger partial charge >= 0.3 is 6.18 Å². The lowest BCUT2D eigenvalue weighted by atomic mass is 10.2. The van der Waals surface area contributed by atoms with Gasteiger partial charge in [-0.05, 0) is 24.6 Å². The van der Waals surface area contributed by atoms with Gasteiger partial charge in [0.2, 0.25) is 0 Å². The Bertz CT molecular complexity index is 336. The summed E-state index contributed by atoms with van der Waals surface area (Å²) < 4.78 is 36.1. The predicted octanol–water partition coefficient (Wildman–Crippen LogP) is 3.69. The van der Waals surface area contributed by atoms with Crippen molar-refractivity contribution in [3.05, 3.63) is 23.8 Å². The summed E-state index contributed by atoms with van der Waals surface area (Å²) in [5.41, 5.74) is 1.69. The Balaban J connectivity index is 2.75. The molecular weight excluding hydrogens is 223 g/mol. The molecule has 1 aromatic carbocycles. The molecule has 0 bridgehead atoms. The summed E-state index contributed by atoms with van der Waals surface area (Å²) in [6, 6.07) is 5.38. The monoisotopic (exact) mass is 235 g/mol. The summed E-state index contributed by atoms with van der Waals surface area (Å²) in [6.07, 6.45) is -4.12. The van der Waals surface area contributed by atoms with Crippen LogP contribution in [0.25, 0.3) is 0 Å². The fourth-order valence-electron chi connectivity index (χ4n) is 1.07. The van der Waals surface area contributed by atoms with Crippen LogP contribution in [0.5, 0.6) is 0 Å². The van der Waals surface area contributed by atoms with Gasteiger partial charge in [-0.15, -0.1) is 11.8 Å². The van der Waals surface area contributed by atoms with Crippen LogP contribution in [0.2, 0.25) is 0 Å². The van der Waals surface area contributed by atoms with E-state index in [1.165, 1.54) is 0 Å². The predicted molar refractivity (Wildman–Crippen MR) is 57.5 cm³/mol. The van der Waals surface area contributed by atoms with Crippen molar-refractivity contribution in [1.82, 2.24) is 0 Å². The average Bonchev–Trinajstić information content (AvgIpc) is 2.15. The highest BCUT2D eigenvalue weighted by Crippen LogP contribution is 2.30. The largest absolute Gasteiger partial charge is 0.398 e. The number of rotatable bonds is 3. The molecular formula is C10H12F3NS. The molecule has 0 amide bonds. The molecule has 0 fully saturated rings. The number of halogens is 3. The highest BCUT2D eigenvalue weighted by Gasteiger charge is 2.27. The fourth-order valence-corrected chi connectivity index (χ4v) is 1.90. The summed E-state index contributed by atoms with van der Waals surface area (Å²) >= 11 is 0.819. The number of benzene rings is 1. The third-order valence-corrected chi connectivity index (χ3v) is 3.09. The molecule has 1 rings (SSSR count). The minimum Gasteiger partial charge on any atom is -0.388 e. The second kappa shape index (κ2) is 4.79. The van der Waals surface area contributed by atoms with E-state index < -0.39 is 11.9 Å². The van der Waals surface area contributed by atoms with Crippen molar-refractivity contribution < 1.29 is 13.2 Å². The molecule has 84 valence electrons. The molecule has 5 heteroatoms. The molecule has 0 heterocycles. The molecule has 0 aromatic heterocycles. The van der Waals surface area contributed by atoms with E-state index in [1.807, 2.05) is 12.1 Å². The van der Waals surface area contributed by atoms with Gasteiger partial charge in [-0.2, -0.15) is 13.2 Å². The zero-order valence-corrected chi connectivity index (χ0v) is 9.30. The summed E-state index contributed by atoms with van der Waals surface area (Å²) in [5.74, 6) is -0.846. The number of anilines is 1. The van der Waals surface area contributed by atoms with Gasteiger partial charge < -0.3 is 5.32 Å². The molecule has 0 spiro atoms. The topological polar surface area (TPSA) is 12.0 Å². The molecule has 0 saturated heterocycles. The molecule has 1 N–H and O–H groups in total. The van der Waals surface area contributed by atoms with Crippen LogP contribution in [-0.4, -0.2) is 19.0 Å². The minimum absolute atomic E-state index is 0.666. The standard InChI is InChI=1S/C10H12F3NS/c1-7-3-4-8(14-2)5-9(7)15-6-10(11,12)13/h3-5,14H,6H2,1-2H3. The maximum atomic E-state index is 12.0. The zero-order chi connectivity index (χ0) is 11.5. The number of hydrogen-bond donors (Lipinski definition) is 1. The molecule has 15 heavy (non-hydrogen) atoms. The Morgan fingerprint density at radius 2 is 2.00 bits per heavy atom. The number of nitrogens with one attached hydrogen (secondary N) is 1. The van der Waals surface area contributed by atoms with Gasteiger partial charge in [-0.1, -0.05) is 6.07 Å². The Hall–Kier alpha value is -0.840. The summed E-state index contributed by atoms with van der Waals surface area (Å²) in [6.45, 7) is 1.80. The second-order valence-electron chi connectivity index (χ2n) is 3.13. The van der Waals surface area contributed by atoms with E-state index in [0.29, 0.717) is 4.90 Å². The second-order valence-corrected chi connectivity index (χ2v) is 4.15. The maximum Gasteiger partial charge on any atom is 0.398 e. The summed E-state index contributed by atoms with van der Waals surface area (Å²) in [4.78, 5) is 0.666. The van der Waals surface area contributed by atoms with Crippen molar-refractivity contribution >= 4 is 17.4 Å². The van der Waals surface area contributed by atoms with Crippen LogP contribution in [0.4, 0.5) is 18.9 Å². The van der Waals surface area contributed by atoms with Crippen molar-refractivity contribution in [3.63, 3.8) is 0 Å². The van der Waals surface area contributed by atoms with Crippen LogP contribution >= 0.6 is 11.8 Å². The zero-order valence-electron chi connectivity index (χ0n) is 8.48.